The molecule has 1 saturated heterocycles. The fourth-order valence-electron chi connectivity index (χ4n) is 3.99. The van der Waals surface area contributed by atoms with Gasteiger partial charge in [-0.05, 0) is 62.1 Å². The Kier molecular flexibility index (Phi) is 5.00. The maximum absolute atomic E-state index is 13.0. The molecule has 3 nitrogen and oxygen atoms in total. The van der Waals surface area contributed by atoms with Crippen LogP contribution in [0.3, 0.4) is 0 Å². The number of halogens is 1. The summed E-state index contributed by atoms with van der Waals surface area (Å²) in [5.41, 5.74) is 0.936. The molecule has 1 saturated carbocycles. The van der Waals surface area contributed by atoms with Crippen LogP contribution in [0.4, 0.5) is 4.39 Å². The van der Waals surface area contributed by atoms with Gasteiger partial charge in [0.05, 0.1) is 5.41 Å². The molecule has 0 aromatic heterocycles. The number of carbonyl (C=O) groups excluding carboxylic acids is 1. The lowest BCUT2D eigenvalue weighted by Crippen LogP contribution is -2.47. The summed E-state index contributed by atoms with van der Waals surface area (Å²) in [6, 6.07) is 7.03. The molecule has 23 heavy (non-hydrogen) atoms. The largest absolute Gasteiger partial charge is 0.381 e. The Bertz CT molecular complexity index is 537. The van der Waals surface area contributed by atoms with Crippen molar-refractivity contribution in [1.29, 1.82) is 0 Å². The molecule has 1 heterocycles. The Morgan fingerprint density at radius 1 is 1.26 bits per heavy atom. The summed E-state index contributed by atoms with van der Waals surface area (Å²) in [6.45, 7) is 3.47. The summed E-state index contributed by atoms with van der Waals surface area (Å²) in [5.74, 6) is 0.433. The number of hydrogen-bond donors (Lipinski definition) is 1. The van der Waals surface area contributed by atoms with E-state index in [4.69, 9.17) is 4.74 Å². The maximum atomic E-state index is 13.0. The smallest absolute Gasteiger partial charge is 0.226 e. The minimum absolute atomic E-state index is 0.194. The standard InChI is InChI=1S/C19H26FNO2/c1-2-19(9-11-23-12-10-19)18(22)21-17-8-5-15(13-17)14-3-6-16(20)7-4-14/h3-4,6-7,15,17H,2,5,8-13H2,1H3,(H,21,22). The van der Waals surface area contributed by atoms with Gasteiger partial charge in [-0.1, -0.05) is 19.1 Å². The zero-order chi connectivity index (χ0) is 16.3. The molecule has 2 aliphatic rings. The molecule has 1 aromatic rings. The van der Waals surface area contributed by atoms with E-state index in [0.717, 1.165) is 38.5 Å². The molecule has 1 aliphatic carbocycles. The molecule has 1 aliphatic heterocycles. The molecule has 0 radical (unpaired) electrons. The van der Waals surface area contributed by atoms with Gasteiger partial charge < -0.3 is 10.1 Å². The quantitative estimate of drug-likeness (QED) is 0.917. The third-order valence-electron chi connectivity index (χ3n) is 5.72. The van der Waals surface area contributed by atoms with Crippen LogP contribution in [0.5, 0.6) is 0 Å². The lowest BCUT2D eigenvalue weighted by Gasteiger charge is -2.35. The second kappa shape index (κ2) is 7.00. The van der Waals surface area contributed by atoms with Gasteiger partial charge in [0.15, 0.2) is 0 Å². The van der Waals surface area contributed by atoms with Gasteiger partial charge in [-0.15, -0.1) is 0 Å². The van der Waals surface area contributed by atoms with Crippen LogP contribution in [0.25, 0.3) is 0 Å². The summed E-state index contributed by atoms with van der Waals surface area (Å²) in [5, 5.41) is 3.28. The zero-order valence-corrected chi connectivity index (χ0v) is 13.8. The van der Waals surface area contributed by atoms with Crippen LogP contribution in [0.1, 0.15) is 56.9 Å². The van der Waals surface area contributed by atoms with Crippen LogP contribution in [0.15, 0.2) is 24.3 Å². The predicted octanol–water partition coefficient (Wildman–Crippen LogP) is 3.78. The number of ether oxygens (including phenoxy) is 1. The van der Waals surface area contributed by atoms with Gasteiger partial charge in [0.25, 0.3) is 0 Å². The Morgan fingerprint density at radius 3 is 2.61 bits per heavy atom. The molecule has 1 aromatic carbocycles. The third kappa shape index (κ3) is 3.57. The zero-order valence-electron chi connectivity index (χ0n) is 13.8. The van der Waals surface area contributed by atoms with E-state index in [9.17, 15) is 9.18 Å². The number of benzene rings is 1. The van der Waals surface area contributed by atoms with Crippen LogP contribution in [-0.4, -0.2) is 25.2 Å². The summed E-state index contributed by atoms with van der Waals surface area (Å²) in [6.07, 6.45) is 5.53. The van der Waals surface area contributed by atoms with Crippen molar-refractivity contribution in [2.75, 3.05) is 13.2 Å². The molecular formula is C19H26FNO2. The average Bonchev–Trinajstić information content (AvgIpc) is 3.04. The second-order valence-corrected chi connectivity index (χ2v) is 6.98. The Labute approximate surface area is 137 Å². The van der Waals surface area contributed by atoms with Crippen LogP contribution in [-0.2, 0) is 9.53 Å². The number of carbonyl (C=O) groups is 1. The van der Waals surface area contributed by atoms with Crippen molar-refractivity contribution in [3.63, 3.8) is 0 Å². The Hall–Kier alpha value is -1.42. The summed E-state index contributed by atoms with van der Waals surface area (Å²) < 4.78 is 18.5. The van der Waals surface area contributed by atoms with Gasteiger partial charge in [0.1, 0.15) is 5.82 Å². The molecule has 126 valence electrons. The van der Waals surface area contributed by atoms with E-state index in [1.807, 2.05) is 12.1 Å². The van der Waals surface area contributed by atoms with E-state index >= 15 is 0 Å². The second-order valence-electron chi connectivity index (χ2n) is 6.98. The molecule has 2 unspecified atom stereocenters. The minimum atomic E-state index is -0.244. The fraction of sp³-hybridized carbons (Fsp3) is 0.632. The van der Waals surface area contributed by atoms with Crippen LogP contribution in [0, 0.1) is 11.2 Å². The summed E-state index contributed by atoms with van der Waals surface area (Å²) >= 11 is 0. The van der Waals surface area contributed by atoms with Crippen molar-refractivity contribution in [3.8, 4) is 0 Å². The number of amides is 1. The van der Waals surface area contributed by atoms with E-state index in [-0.39, 0.29) is 23.2 Å². The SMILES string of the molecule is CCC1(C(=O)NC2CCC(c3ccc(F)cc3)C2)CCOCC1. The first-order chi connectivity index (χ1) is 11.1. The van der Waals surface area contributed by atoms with Crippen molar-refractivity contribution in [2.45, 2.75) is 57.4 Å². The lowest BCUT2D eigenvalue weighted by molar-refractivity contribution is -0.137. The molecule has 1 amide bonds. The first-order valence-corrected chi connectivity index (χ1v) is 8.77. The molecule has 2 fully saturated rings. The van der Waals surface area contributed by atoms with E-state index in [0.29, 0.717) is 19.1 Å². The number of nitrogens with one attached hydrogen (secondary N) is 1. The summed E-state index contributed by atoms with van der Waals surface area (Å²) in [7, 11) is 0. The highest BCUT2D eigenvalue weighted by atomic mass is 19.1. The molecule has 2 atom stereocenters. The van der Waals surface area contributed by atoms with E-state index in [1.54, 1.807) is 0 Å². The first-order valence-electron chi connectivity index (χ1n) is 8.77. The van der Waals surface area contributed by atoms with Crippen molar-refractivity contribution in [3.05, 3.63) is 35.6 Å². The van der Waals surface area contributed by atoms with Crippen LogP contribution < -0.4 is 5.32 Å². The van der Waals surface area contributed by atoms with Crippen molar-refractivity contribution in [2.24, 2.45) is 5.41 Å². The molecule has 0 bridgehead atoms. The van der Waals surface area contributed by atoms with E-state index < -0.39 is 0 Å². The lowest BCUT2D eigenvalue weighted by atomic mass is 9.77. The topological polar surface area (TPSA) is 38.3 Å². The molecular weight excluding hydrogens is 293 g/mol. The highest BCUT2D eigenvalue weighted by Gasteiger charge is 2.40. The molecule has 1 N–H and O–H groups in total. The summed E-state index contributed by atoms with van der Waals surface area (Å²) in [4.78, 5) is 12.8. The predicted molar refractivity (Wildman–Crippen MR) is 87.7 cm³/mol. The average molecular weight is 319 g/mol. The van der Waals surface area contributed by atoms with Gasteiger partial charge in [-0.2, -0.15) is 0 Å². The normalized spacial score (nSPS) is 26.9. The van der Waals surface area contributed by atoms with Crippen molar-refractivity contribution < 1.29 is 13.9 Å². The molecule has 3 rings (SSSR count). The van der Waals surface area contributed by atoms with Crippen LogP contribution >= 0.6 is 0 Å². The Morgan fingerprint density at radius 2 is 1.96 bits per heavy atom. The first kappa shape index (κ1) is 16.4. The van der Waals surface area contributed by atoms with E-state index in [1.165, 1.54) is 17.7 Å². The van der Waals surface area contributed by atoms with Crippen molar-refractivity contribution >= 4 is 5.91 Å². The molecule has 0 spiro atoms. The highest BCUT2D eigenvalue weighted by Crippen LogP contribution is 2.37. The van der Waals surface area contributed by atoms with Gasteiger partial charge in [-0.25, -0.2) is 4.39 Å². The van der Waals surface area contributed by atoms with Gasteiger partial charge in [0, 0.05) is 19.3 Å². The maximum Gasteiger partial charge on any atom is 0.226 e. The Balaban J connectivity index is 1.59. The number of rotatable bonds is 4. The van der Waals surface area contributed by atoms with Gasteiger partial charge in [-0.3, -0.25) is 4.79 Å². The molecule has 4 heteroatoms. The fourth-order valence-corrected chi connectivity index (χ4v) is 3.99. The monoisotopic (exact) mass is 319 g/mol. The van der Waals surface area contributed by atoms with E-state index in [2.05, 4.69) is 12.2 Å². The highest BCUT2D eigenvalue weighted by molar-refractivity contribution is 5.83. The third-order valence-corrected chi connectivity index (χ3v) is 5.72. The van der Waals surface area contributed by atoms with Crippen molar-refractivity contribution in [1.82, 2.24) is 5.32 Å². The number of hydrogen-bond acceptors (Lipinski definition) is 2. The van der Waals surface area contributed by atoms with Crippen LogP contribution in [0.2, 0.25) is 0 Å². The minimum Gasteiger partial charge on any atom is -0.381 e. The van der Waals surface area contributed by atoms with Gasteiger partial charge in [0.2, 0.25) is 5.91 Å². The van der Waals surface area contributed by atoms with Gasteiger partial charge >= 0.3 is 0 Å².